The van der Waals surface area contributed by atoms with Gasteiger partial charge in [-0.1, -0.05) is 0 Å². The van der Waals surface area contributed by atoms with Crippen LogP contribution in [0, 0.1) is 10.1 Å². The number of benzene rings is 1. The van der Waals surface area contributed by atoms with Crippen LogP contribution in [0.3, 0.4) is 0 Å². The molecule has 0 aromatic heterocycles. The fraction of sp³-hybridized carbons (Fsp3) is 0.455. The maximum Gasteiger partial charge on any atom is 0.270 e. The minimum absolute atomic E-state index is 0.267. The third-order valence-electron chi connectivity index (χ3n) is 2.58. The first-order chi connectivity index (χ1) is 9.21. The molecule has 9 heteroatoms. The molecular weight excluding hydrogens is 284 g/mol. The Hall–Kier alpha value is -1.71. The van der Waals surface area contributed by atoms with Gasteiger partial charge in [0, 0.05) is 18.7 Å². The van der Waals surface area contributed by atoms with E-state index < -0.39 is 14.9 Å². The van der Waals surface area contributed by atoms with Crippen molar-refractivity contribution in [2.24, 2.45) is 5.14 Å². The summed E-state index contributed by atoms with van der Waals surface area (Å²) in [5.74, 6) is 0. The number of nitrogens with two attached hydrogens (primary N) is 1. The average molecular weight is 302 g/mol. The van der Waals surface area contributed by atoms with Gasteiger partial charge in [0.25, 0.3) is 5.69 Å². The Bertz CT molecular complexity index is 586. The van der Waals surface area contributed by atoms with Gasteiger partial charge >= 0.3 is 0 Å². The van der Waals surface area contributed by atoms with Crippen LogP contribution in [-0.4, -0.2) is 45.4 Å². The Kier molecular flexibility index (Phi) is 5.43. The largest absolute Gasteiger partial charge is 0.384 e. The number of anilines is 1. The van der Waals surface area contributed by atoms with Crippen LogP contribution in [0.1, 0.15) is 6.42 Å². The molecule has 0 fully saturated rings. The van der Waals surface area contributed by atoms with E-state index in [0.717, 1.165) is 19.0 Å². The molecule has 0 bridgehead atoms. The summed E-state index contributed by atoms with van der Waals surface area (Å²) < 4.78 is 23.0. The summed E-state index contributed by atoms with van der Waals surface area (Å²) >= 11 is 0. The molecule has 0 atom stereocenters. The van der Waals surface area contributed by atoms with E-state index in [1.807, 2.05) is 19.0 Å². The van der Waals surface area contributed by atoms with Gasteiger partial charge in [0.15, 0.2) is 0 Å². The molecule has 0 heterocycles. The number of nitro benzene ring substituents is 1. The first-order valence-electron chi connectivity index (χ1n) is 5.91. The number of hydrogen-bond donors (Lipinski definition) is 2. The van der Waals surface area contributed by atoms with Crippen molar-refractivity contribution in [2.75, 3.05) is 32.5 Å². The van der Waals surface area contributed by atoms with E-state index in [4.69, 9.17) is 5.14 Å². The molecule has 0 saturated carbocycles. The van der Waals surface area contributed by atoms with Crippen molar-refractivity contribution in [2.45, 2.75) is 11.3 Å². The fourth-order valence-corrected chi connectivity index (χ4v) is 2.36. The zero-order valence-electron chi connectivity index (χ0n) is 11.4. The van der Waals surface area contributed by atoms with Gasteiger partial charge < -0.3 is 10.2 Å². The molecular formula is C11H18N4O4S. The van der Waals surface area contributed by atoms with Gasteiger partial charge in [-0.15, -0.1) is 0 Å². The topological polar surface area (TPSA) is 119 Å². The molecule has 112 valence electrons. The van der Waals surface area contributed by atoms with Crippen LogP contribution in [0.25, 0.3) is 0 Å². The van der Waals surface area contributed by atoms with Gasteiger partial charge in [-0.25, -0.2) is 13.6 Å². The molecule has 8 nitrogen and oxygen atoms in total. The van der Waals surface area contributed by atoms with Crippen molar-refractivity contribution in [3.63, 3.8) is 0 Å². The smallest absolute Gasteiger partial charge is 0.270 e. The van der Waals surface area contributed by atoms with Crippen molar-refractivity contribution < 1.29 is 13.3 Å². The molecule has 20 heavy (non-hydrogen) atoms. The van der Waals surface area contributed by atoms with Crippen LogP contribution < -0.4 is 10.5 Å². The summed E-state index contributed by atoms with van der Waals surface area (Å²) in [4.78, 5) is 11.7. The third kappa shape index (κ3) is 4.76. The van der Waals surface area contributed by atoms with Crippen LogP contribution in [0.4, 0.5) is 11.4 Å². The summed E-state index contributed by atoms with van der Waals surface area (Å²) in [6.07, 6.45) is 0.800. The molecule has 1 aromatic carbocycles. The molecule has 3 N–H and O–H groups in total. The van der Waals surface area contributed by atoms with Crippen molar-refractivity contribution in [1.29, 1.82) is 0 Å². The molecule has 0 aliphatic carbocycles. The molecule has 0 amide bonds. The zero-order valence-corrected chi connectivity index (χ0v) is 12.2. The van der Waals surface area contributed by atoms with Crippen LogP contribution in [0.15, 0.2) is 23.1 Å². The Labute approximate surface area is 117 Å². The van der Waals surface area contributed by atoms with E-state index in [0.29, 0.717) is 6.54 Å². The molecule has 0 radical (unpaired) electrons. The van der Waals surface area contributed by atoms with Gasteiger partial charge in [0.1, 0.15) is 4.90 Å². The number of non-ortho nitro benzene ring substituents is 1. The summed E-state index contributed by atoms with van der Waals surface area (Å²) in [5, 5.41) is 18.7. The summed E-state index contributed by atoms with van der Waals surface area (Å²) in [7, 11) is -0.156. The molecule has 1 rings (SSSR count). The van der Waals surface area contributed by atoms with E-state index in [1.54, 1.807) is 0 Å². The normalized spacial score (nSPS) is 11.6. The monoisotopic (exact) mass is 302 g/mol. The van der Waals surface area contributed by atoms with Gasteiger partial charge in [-0.3, -0.25) is 10.1 Å². The lowest BCUT2D eigenvalue weighted by molar-refractivity contribution is -0.385. The number of nitrogens with zero attached hydrogens (tertiary/aromatic N) is 2. The Morgan fingerprint density at radius 1 is 1.40 bits per heavy atom. The van der Waals surface area contributed by atoms with E-state index in [2.05, 4.69) is 5.32 Å². The second-order valence-corrected chi connectivity index (χ2v) is 6.10. The van der Waals surface area contributed by atoms with Crippen LogP contribution in [-0.2, 0) is 10.0 Å². The van der Waals surface area contributed by atoms with Crippen molar-refractivity contribution in [1.82, 2.24) is 4.90 Å². The summed E-state index contributed by atoms with van der Waals surface area (Å²) in [6.45, 7) is 1.38. The summed E-state index contributed by atoms with van der Waals surface area (Å²) in [6, 6.07) is 3.56. The van der Waals surface area contributed by atoms with Gasteiger partial charge in [-0.05, 0) is 33.1 Å². The Balaban J connectivity index is 2.93. The lowest BCUT2D eigenvalue weighted by Gasteiger charge is -2.12. The number of nitrogens with one attached hydrogen (secondary N) is 1. The standard InChI is InChI=1S/C11H18N4O4S/c1-14(2)7-3-6-13-10-5-4-9(15(16)17)8-11(10)20(12,18)19/h4-5,8,13H,3,6-7H2,1-2H3,(H2,12,18,19). The summed E-state index contributed by atoms with van der Waals surface area (Å²) in [5.41, 5.74) is -0.0373. The number of hydrogen-bond acceptors (Lipinski definition) is 6. The lowest BCUT2D eigenvalue weighted by atomic mass is 10.2. The van der Waals surface area contributed by atoms with Crippen LogP contribution in [0.5, 0.6) is 0 Å². The highest BCUT2D eigenvalue weighted by atomic mass is 32.2. The highest BCUT2D eigenvalue weighted by Gasteiger charge is 2.18. The van der Waals surface area contributed by atoms with Crippen LogP contribution >= 0.6 is 0 Å². The van der Waals surface area contributed by atoms with Crippen LogP contribution in [0.2, 0.25) is 0 Å². The van der Waals surface area contributed by atoms with Crippen molar-refractivity contribution in [3.05, 3.63) is 28.3 Å². The molecule has 0 unspecified atom stereocenters. The first-order valence-corrected chi connectivity index (χ1v) is 7.46. The maximum atomic E-state index is 11.5. The van der Waals surface area contributed by atoms with Gasteiger partial charge in [-0.2, -0.15) is 0 Å². The molecule has 0 saturated heterocycles. The lowest BCUT2D eigenvalue weighted by Crippen LogP contribution is -2.18. The van der Waals surface area contributed by atoms with Gasteiger partial charge in [0.05, 0.1) is 10.6 Å². The third-order valence-corrected chi connectivity index (χ3v) is 3.53. The highest BCUT2D eigenvalue weighted by Crippen LogP contribution is 2.25. The number of primary sulfonamides is 1. The highest BCUT2D eigenvalue weighted by molar-refractivity contribution is 7.89. The second-order valence-electron chi connectivity index (χ2n) is 4.57. The molecule has 0 spiro atoms. The van der Waals surface area contributed by atoms with Crippen molar-refractivity contribution >= 4 is 21.4 Å². The molecule has 1 aromatic rings. The van der Waals surface area contributed by atoms with E-state index in [1.165, 1.54) is 12.1 Å². The Morgan fingerprint density at radius 2 is 2.05 bits per heavy atom. The second kappa shape index (κ2) is 6.64. The Morgan fingerprint density at radius 3 is 2.55 bits per heavy atom. The van der Waals surface area contributed by atoms with E-state index >= 15 is 0 Å². The predicted octanol–water partition coefficient (Wildman–Crippen LogP) is 0.606. The van der Waals surface area contributed by atoms with E-state index in [-0.39, 0.29) is 16.3 Å². The minimum atomic E-state index is -4.02. The number of rotatable bonds is 7. The first kappa shape index (κ1) is 16.3. The quantitative estimate of drug-likeness (QED) is 0.432. The average Bonchev–Trinajstić information content (AvgIpc) is 2.33. The zero-order chi connectivity index (χ0) is 15.3. The minimum Gasteiger partial charge on any atom is -0.384 e. The van der Waals surface area contributed by atoms with Crippen molar-refractivity contribution in [3.8, 4) is 0 Å². The number of sulfonamides is 1. The molecule has 0 aliphatic rings. The SMILES string of the molecule is CN(C)CCCNc1ccc([N+](=O)[O-])cc1S(N)(=O)=O. The van der Waals surface area contributed by atoms with Gasteiger partial charge in [0.2, 0.25) is 10.0 Å². The van der Waals surface area contributed by atoms with E-state index in [9.17, 15) is 18.5 Å². The predicted molar refractivity (Wildman–Crippen MR) is 76.1 cm³/mol. The fourth-order valence-electron chi connectivity index (χ4n) is 1.62. The maximum absolute atomic E-state index is 11.5. The number of nitro groups is 1. The molecule has 0 aliphatic heterocycles.